The lowest BCUT2D eigenvalue weighted by Crippen LogP contribution is -2.41. The van der Waals surface area contributed by atoms with Gasteiger partial charge in [0.1, 0.15) is 5.03 Å². The Hall–Kier alpha value is -0.920. The van der Waals surface area contributed by atoms with E-state index in [0.717, 1.165) is 10.7 Å². The summed E-state index contributed by atoms with van der Waals surface area (Å²) >= 11 is 6.42. The number of aromatic amines is 1. The Labute approximate surface area is 115 Å². The number of hydrogen-bond acceptors (Lipinski definition) is 5. The van der Waals surface area contributed by atoms with Gasteiger partial charge in [0.15, 0.2) is 4.77 Å². The van der Waals surface area contributed by atoms with Crippen LogP contribution >= 0.6 is 24.0 Å². The first-order chi connectivity index (χ1) is 8.65. The molecule has 1 fully saturated rings. The summed E-state index contributed by atoms with van der Waals surface area (Å²) in [5.41, 5.74) is 0.955. The molecule has 0 aliphatic carbocycles. The predicted octanol–water partition coefficient (Wildman–Crippen LogP) is 1.40. The second kappa shape index (κ2) is 6.31. The van der Waals surface area contributed by atoms with E-state index in [9.17, 15) is 4.79 Å². The fourth-order valence-corrected chi connectivity index (χ4v) is 2.85. The highest BCUT2D eigenvalue weighted by Crippen LogP contribution is 2.16. The van der Waals surface area contributed by atoms with Crippen LogP contribution in [0.3, 0.4) is 0 Å². The zero-order valence-electron chi connectivity index (χ0n) is 10.1. The number of ether oxygens (including phenoxy) is 1. The van der Waals surface area contributed by atoms with E-state index in [4.69, 9.17) is 17.0 Å². The molecule has 18 heavy (non-hydrogen) atoms. The minimum Gasteiger partial charge on any atom is -0.378 e. The number of hydrogen-bond donors (Lipinski definition) is 1. The molecule has 1 N–H and O–H groups in total. The van der Waals surface area contributed by atoms with E-state index in [2.05, 4.69) is 9.97 Å². The Balaban J connectivity index is 1.90. The quantitative estimate of drug-likeness (QED) is 0.517. The second-order valence-electron chi connectivity index (χ2n) is 3.99. The number of rotatable bonds is 3. The van der Waals surface area contributed by atoms with Gasteiger partial charge in [-0.2, -0.15) is 0 Å². The number of aryl methyl sites for hydroxylation is 1. The van der Waals surface area contributed by atoms with Crippen molar-refractivity contribution >= 4 is 29.9 Å². The smallest absolute Gasteiger partial charge is 0.233 e. The van der Waals surface area contributed by atoms with Crippen LogP contribution in [0.2, 0.25) is 0 Å². The topological polar surface area (TPSA) is 58.2 Å². The summed E-state index contributed by atoms with van der Waals surface area (Å²) in [5, 5.41) is 0.790. The summed E-state index contributed by atoms with van der Waals surface area (Å²) in [4.78, 5) is 20.9. The van der Waals surface area contributed by atoms with Crippen molar-refractivity contribution in [1.29, 1.82) is 0 Å². The van der Waals surface area contributed by atoms with Crippen molar-refractivity contribution in [2.75, 3.05) is 32.1 Å². The molecule has 98 valence electrons. The molecule has 1 amide bonds. The van der Waals surface area contributed by atoms with Gasteiger partial charge in [0.2, 0.25) is 5.91 Å². The van der Waals surface area contributed by atoms with Gasteiger partial charge in [0.05, 0.1) is 19.0 Å². The van der Waals surface area contributed by atoms with Crippen molar-refractivity contribution in [2.45, 2.75) is 11.9 Å². The molecule has 0 unspecified atom stereocenters. The number of nitrogens with one attached hydrogen (secondary N) is 1. The number of morpholine rings is 1. The highest BCUT2D eigenvalue weighted by atomic mass is 32.2. The second-order valence-corrected chi connectivity index (χ2v) is 5.37. The van der Waals surface area contributed by atoms with Crippen LogP contribution in [0, 0.1) is 11.7 Å². The van der Waals surface area contributed by atoms with Gasteiger partial charge in [-0.1, -0.05) is 11.8 Å². The number of thioether (sulfide) groups is 1. The van der Waals surface area contributed by atoms with Crippen LogP contribution in [0.1, 0.15) is 5.69 Å². The highest BCUT2D eigenvalue weighted by molar-refractivity contribution is 7.99. The van der Waals surface area contributed by atoms with Crippen LogP contribution in [0.15, 0.2) is 11.1 Å². The van der Waals surface area contributed by atoms with Crippen LogP contribution < -0.4 is 0 Å². The molecule has 0 bridgehead atoms. The Morgan fingerprint density at radius 3 is 3.00 bits per heavy atom. The van der Waals surface area contributed by atoms with Crippen molar-refractivity contribution in [2.24, 2.45) is 0 Å². The standard InChI is InChI=1S/C11H15N3O2S2/c1-8-6-9(13-11(17)12-8)18-7-10(15)14-2-4-16-5-3-14/h6H,2-5,7H2,1H3,(H,12,13,17). The van der Waals surface area contributed by atoms with E-state index in [1.165, 1.54) is 11.8 Å². The minimum atomic E-state index is 0.126. The number of aromatic nitrogens is 2. The molecule has 7 heteroatoms. The summed E-state index contributed by atoms with van der Waals surface area (Å²) in [5.74, 6) is 0.520. The molecule has 0 saturated carbocycles. The van der Waals surface area contributed by atoms with E-state index < -0.39 is 0 Å². The lowest BCUT2D eigenvalue weighted by atomic mass is 10.4. The first-order valence-corrected chi connectivity index (χ1v) is 7.11. The molecule has 1 aliphatic heterocycles. The fourth-order valence-electron chi connectivity index (χ4n) is 1.66. The molecule has 0 aromatic carbocycles. The van der Waals surface area contributed by atoms with Crippen LogP contribution in [0.25, 0.3) is 0 Å². The molecule has 0 atom stereocenters. The first kappa shape index (κ1) is 13.5. The Bertz CT molecular complexity index is 483. The van der Waals surface area contributed by atoms with Crippen LogP contribution in [-0.2, 0) is 9.53 Å². The zero-order chi connectivity index (χ0) is 13.0. The van der Waals surface area contributed by atoms with Gasteiger partial charge in [0, 0.05) is 18.8 Å². The number of nitrogens with zero attached hydrogens (tertiary/aromatic N) is 2. The zero-order valence-corrected chi connectivity index (χ0v) is 11.8. The number of carbonyl (C=O) groups excluding carboxylic acids is 1. The average Bonchev–Trinajstić information content (AvgIpc) is 2.36. The van der Waals surface area contributed by atoms with E-state index in [1.807, 2.05) is 17.9 Å². The Kier molecular flexibility index (Phi) is 4.73. The third-order valence-electron chi connectivity index (χ3n) is 2.56. The van der Waals surface area contributed by atoms with Crippen molar-refractivity contribution in [3.05, 3.63) is 16.5 Å². The van der Waals surface area contributed by atoms with Crippen molar-refractivity contribution in [1.82, 2.24) is 14.9 Å². The maximum Gasteiger partial charge on any atom is 0.233 e. The molecule has 1 aliphatic rings. The molecule has 2 rings (SSSR count). The monoisotopic (exact) mass is 285 g/mol. The highest BCUT2D eigenvalue weighted by Gasteiger charge is 2.16. The van der Waals surface area contributed by atoms with Gasteiger partial charge in [-0.15, -0.1) is 0 Å². The fraction of sp³-hybridized carbons (Fsp3) is 0.545. The summed E-state index contributed by atoms with van der Waals surface area (Å²) in [7, 11) is 0. The minimum absolute atomic E-state index is 0.126. The van der Waals surface area contributed by atoms with Gasteiger partial charge >= 0.3 is 0 Å². The molecular weight excluding hydrogens is 270 g/mol. The SMILES string of the molecule is Cc1cc(SCC(=O)N2CCOCC2)nc(=S)[nH]1. The van der Waals surface area contributed by atoms with Crippen LogP contribution in [0.5, 0.6) is 0 Å². The molecule has 5 nitrogen and oxygen atoms in total. The summed E-state index contributed by atoms with van der Waals surface area (Å²) in [6.45, 7) is 4.54. The molecule has 1 aromatic rings. The largest absolute Gasteiger partial charge is 0.378 e. The molecule has 2 heterocycles. The molecule has 0 radical (unpaired) electrons. The lowest BCUT2D eigenvalue weighted by Gasteiger charge is -2.26. The predicted molar refractivity (Wildman–Crippen MR) is 72.3 cm³/mol. The molecular formula is C11H15N3O2S2. The first-order valence-electron chi connectivity index (χ1n) is 5.71. The van der Waals surface area contributed by atoms with E-state index >= 15 is 0 Å². The van der Waals surface area contributed by atoms with Gasteiger partial charge in [-0.25, -0.2) is 4.98 Å². The Morgan fingerprint density at radius 2 is 2.33 bits per heavy atom. The van der Waals surface area contributed by atoms with Gasteiger partial charge in [-0.05, 0) is 25.2 Å². The van der Waals surface area contributed by atoms with Gasteiger partial charge < -0.3 is 14.6 Å². The summed E-state index contributed by atoms with van der Waals surface area (Å²) in [6, 6.07) is 1.90. The third-order valence-corrected chi connectivity index (χ3v) is 3.65. The summed E-state index contributed by atoms with van der Waals surface area (Å²) < 4.78 is 5.67. The van der Waals surface area contributed by atoms with E-state index in [-0.39, 0.29) is 5.91 Å². The van der Waals surface area contributed by atoms with Crippen LogP contribution in [0.4, 0.5) is 0 Å². The number of H-pyrrole nitrogens is 1. The molecule has 0 spiro atoms. The molecule has 1 aromatic heterocycles. The van der Waals surface area contributed by atoms with Crippen molar-refractivity contribution < 1.29 is 9.53 Å². The van der Waals surface area contributed by atoms with Gasteiger partial charge in [-0.3, -0.25) is 4.79 Å². The van der Waals surface area contributed by atoms with Crippen molar-refractivity contribution in [3.8, 4) is 0 Å². The maximum absolute atomic E-state index is 11.9. The third kappa shape index (κ3) is 3.79. The maximum atomic E-state index is 11.9. The lowest BCUT2D eigenvalue weighted by molar-refractivity contribution is -0.132. The van der Waals surface area contributed by atoms with Crippen molar-refractivity contribution in [3.63, 3.8) is 0 Å². The number of carbonyl (C=O) groups is 1. The van der Waals surface area contributed by atoms with Crippen LogP contribution in [-0.4, -0.2) is 52.8 Å². The summed E-state index contributed by atoms with van der Waals surface area (Å²) in [6.07, 6.45) is 0. The van der Waals surface area contributed by atoms with E-state index in [1.54, 1.807) is 0 Å². The average molecular weight is 285 g/mol. The van der Waals surface area contributed by atoms with Gasteiger partial charge in [0.25, 0.3) is 0 Å². The molecule has 1 saturated heterocycles. The number of amides is 1. The van der Waals surface area contributed by atoms with E-state index in [0.29, 0.717) is 36.8 Å². The Morgan fingerprint density at radius 1 is 1.61 bits per heavy atom. The normalized spacial score (nSPS) is 15.7.